The third kappa shape index (κ3) is 2.57. The van der Waals surface area contributed by atoms with Gasteiger partial charge in [-0.05, 0) is 24.4 Å². The Bertz CT molecular complexity index is 640. The van der Waals surface area contributed by atoms with Crippen LogP contribution in [0.3, 0.4) is 0 Å². The Morgan fingerprint density at radius 3 is 2.90 bits per heavy atom. The zero-order chi connectivity index (χ0) is 14.7. The Morgan fingerprint density at radius 2 is 2.25 bits per heavy atom. The summed E-state index contributed by atoms with van der Waals surface area (Å²) < 4.78 is 0. The van der Waals surface area contributed by atoms with Gasteiger partial charge in [0.25, 0.3) is 11.8 Å². The molecule has 0 aliphatic carbocycles. The summed E-state index contributed by atoms with van der Waals surface area (Å²) in [4.78, 5) is 29.0. The first kappa shape index (κ1) is 13.9. The van der Waals surface area contributed by atoms with E-state index >= 15 is 0 Å². The minimum absolute atomic E-state index is 0.0380. The molecule has 1 aromatic heterocycles. The lowest BCUT2D eigenvalue weighted by Crippen LogP contribution is -2.53. The number of hydrogen-bond acceptors (Lipinski definition) is 5. The van der Waals surface area contributed by atoms with Gasteiger partial charge in [-0.3, -0.25) is 24.8 Å². The van der Waals surface area contributed by atoms with Gasteiger partial charge in [-0.25, -0.2) is 0 Å². The normalized spacial score (nSPS) is 17.3. The Hall–Kier alpha value is -2.54. The van der Waals surface area contributed by atoms with Crippen molar-refractivity contribution >= 4 is 35.2 Å². The van der Waals surface area contributed by atoms with Gasteiger partial charge in [-0.1, -0.05) is 6.08 Å². The SMILES string of the molecule is C=CCN1C(=O)/C(=C/c2ccncc2O)C(=O)NC1=S. The maximum absolute atomic E-state index is 12.2. The van der Waals surface area contributed by atoms with Crippen LogP contribution in [0.25, 0.3) is 6.08 Å². The summed E-state index contributed by atoms with van der Waals surface area (Å²) >= 11 is 4.93. The fraction of sp³-hybridized carbons (Fsp3) is 0.0769. The van der Waals surface area contributed by atoms with Crippen molar-refractivity contribution in [2.24, 2.45) is 0 Å². The summed E-state index contributed by atoms with van der Waals surface area (Å²) in [6.07, 6.45) is 5.48. The summed E-state index contributed by atoms with van der Waals surface area (Å²) in [5.41, 5.74) is 0.215. The van der Waals surface area contributed by atoms with Gasteiger partial charge in [0, 0.05) is 18.3 Å². The topological polar surface area (TPSA) is 82.5 Å². The number of aromatic nitrogens is 1. The quantitative estimate of drug-likeness (QED) is 0.368. The van der Waals surface area contributed by atoms with Crippen molar-refractivity contribution < 1.29 is 14.7 Å². The van der Waals surface area contributed by atoms with Crippen molar-refractivity contribution in [1.82, 2.24) is 15.2 Å². The van der Waals surface area contributed by atoms with Gasteiger partial charge < -0.3 is 5.11 Å². The number of rotatable bonds is 3. The zero-order valence-electron chi connectivity index (χ0n) is 10.4. The summed E-state index contributed by atoms with van der Waals surface area (Å²) in [6.45, 7) is 3.72. The number of thiocarbonyl (C=S) groups is 1. The lowest BCUT2D eigenvalue weighted by Gasteiger charge is -2.27. The molecule has 0 bridgehead atoms. The molecule has 102 valence electrons. The second-order valence-corrected chi connectivity index (χ2v) is 4.34. The predicted octanol–water partition coefficient (Wildman–Crippen LogP) is 0.600. The number of carbonyl (C=O) groups excluding carboxylic acids is 2. The highest BCUT2D eigenvalue weighted by atomic mass is 32.1. The van der Waals surface area contributed by atoms with Gasteiger partial charge in [-0.2, -0.15) is 0 Å². The van der Waals surface area contributed by atoms with Crippen LogP contribution in [0.15, 0.2) is 36.7 Å². The minimum atomic E-state index is -0.600. The maximum atomic E-state index is 12.2. The smallest absolute Gasteiger partial charge is 0.265 e. The summed E-state index contributed by atoms with van der Waals surface area (Å²) in [5.74, 6) is -1.25. The number of pyridine rings is 1. The molecule has 1 fully saturated rings. The van der Waals surface area contributed by atoms with Gasteiger partial charge in [0.05, 0.1) is 6.20 Å². The molecular formula is C13H11N3O3S. The molecule has 2 N–H and O–H groups in total. The molecule has 7 heteroatoms. The molecule has 2 heterocycles. The van der Waals surface area contributed by atoms with Gasteiger partial charge in [0.15, 0.2) is 5.11 Å². The van der Waals surface area contributed by atoms with E-state index in [1.807, 2.05) is 0 Å². The first-order valence-electron chi connectivity index (χ1n) is 5.67. The Balaban J connectivity index is 2.42. The number of amides is 2. The van der Waals surface area contributed by atoms with Gasteiger partial charge in [0.1, 0.15) is 11.3 Å². The zero-order valence-corrected chi connectivity index (χ0v) is 11.2. The minimum Gasteiger partial charge on any atom is -0.506 e. The summed E-state index contributed by atoms with van der Waals surface area (Å²) in [5, 5.41) is 12.1. The molecule has 1 aromatic rings. The van der Waals surface area contributed by atoms with E-state index in [1.54, 1.807) is 0 Å². The molecule has 0 radical (unpaired) electrons. The monoisotopic (exact) mass is 289 g/mol. The molecule has 0 atom stereocenters. The molecule has 0 spiro atoms. The molecule has 0 unspecified atom stereocenters. The second kappa shape index (κ2) is 5.62. The van der Waals surface area contributed by atoms with Crippen molar-refractivity contribution in [3.05, 3.63) is 42.3 Å². The van der Waals surface area contributed by atoms with Crippen LogP contribution in [-0.2, 0) is 9.59 Å². The molecule has 20 heavy (non-hydrogen) atoms. The summed E-state index contributed by atoms with van der Waals surface area (Å²) in [7, 11) is 0. The van der Waals surface area contributed by atoms with Crippen molar-refractivity contribution in [2.45, 2.75) is 0 Å². The highest BCUT2D eigenvalue weighted by molar-refractivity contribution is 7.80. The molecule has 1 aliphatic heterocycles. The van der Waals surface area contributed by atoms with Gasteiger partial charge in [-0.15, -0.1) is 6.58 Å². The lowest BCUT2D eigenvalue weighted by atomic mass is 10.1. The molecule has 2 amide bonds. The van der Waals surface area contributed by atoms with Crippen LogP contribution in [0.2, 0.25) is 0 Å². The number of nitrogens with zero attached hydrogens (tertiary/aromatic N) is 2. The second-order valence-electron chi connectivity index (χ2n) is 3.96. The van der Waals surface area contributed by atoms with Gasteiger partial charge in [0.2, 0.25) is 0 Å². The Labute approximate surface area is 120 Å². The average Bonchev–Trinajstić information content (AvgIpc) is 2.41. The van der Waals surface area contributed by atoms with E-state index in [0.717, 1.165) is 0 Å². The van der Waals surface area contributed by atoms with Gasteiger partial charge >= 0.3 is 0 Å². The number of nitrogens with one attached hydrogen (secondary N) is 1. The molecule has 6 nitrogen and oxygen atoms in total. The number of hydrogen-bond donors (Lipinski definition) is 2. The number of carbonyl (C=O) groups is 2. The lowest BCUT2D eigenvalue weighted by molar-refractivity contribution is -0.128. The third-order valence-corrected chi connectivity index (χ3v) is 2.95. The molecular weight excluding hydrogens is 278 g/mol. The molecule has 1 saturated heterocycles. The van der Waals surface area contributed by atoms with Crippen molar-refractivity contribution in [3.8, 4) is 5.75 Å². The van der Waals surface area contributed by atoms with E-state index in [9.17, 15) is 14.7 Å². The van der Waals surface area contributed by atoms with Crippen LogP contribution in [0.5, 0.6) is 5.75 Å². The summed E-state index contributed by atoms with van der Waals surface area (Å²) in [6, 6.07) is 1.49. The average molecular weight is 289 g/mol. The van der Waals surface area contributed by atoms with E-state index in [-0.39, 0.29) is 23.0 Å². The first-order valence-corrected chi connectivity index (χ1v) is 6.08. The predicted molar refractivity (Wildman–Crippen MR) is 76.5 cm³/mol. The van der Waals surface area contributed by atoms with Crippen molar-refractivity contribution in [3.63, 3.8) is 0 Å². The van der Waals surface area contributed by atoms with Crippen LogP contribution < -0.4 is 5.32 Å². The van der Waals surface area contributed by atoms with E-state index in [2.05, 4.69) is 16.9 Å². The Morgan fingerprint density at radius 1 is 1.50 bits per heavy atom. The van der Waals surface area contributed by atoms with Crippen LogP contribution >= 0.6 is 12.2 Å². The fourth-order valence-corrected chi connectivity index (χ4v) is 1.91. The van der Waals surface area contributed by atoms with Crippen LogP contribution in [0, 0.1) is 0 Å². The van der Waals surface area contributed by atoms with Crippen LogP contribution in [0.4, 0.5) is 0 Å². The van der Waals surface area contributed by atoms with Crippen LogP contribution in [-0.4, -0.2) is 38.5 Å². The highest BCUT2D eigenvalue weighted by Crippen LogP contribution is 2.20. The van der Waals surface area contributed by atoms with E-state index in [0.29, 0.717) is 5.56 Å². The standard InChI is InChI=1S/C13H11N3O3S/c1-2-5-16-12(19)9(11(18)15-13(16)20)6-8-3-4-14-7-10(8)17/h2-4,6-7,17H,1,5H2,(H,15,18,20)/b9-6+. The van der Waals surface area contributed by atoms with Crippen molar-refractivity contribution in [2.75, 3.05) is 6.54 Å². The molecule has 0 aromatic carbocycles. The van der Waals surface area contributed by atoms with E-state index < -0.39 is 11.8 Å². The molecule has 1 aliphatic rings. The highest BCUT2D eigenvalue weighted by Gasteiger charge is 2.32. The Kier molecular flexibility index (Phi) is 3.90. The van der Waals surface area contributed by atoms with E-state index in [4.69, 9.17) is 12.2 Å². The van der Waals surface area contributed by atoms with E-state index in [1.165, 1.54) is 35.5 Å². The molecule has 0 saturated carbocycles. The number of aromatic hydroxyl groups is 1. The van der Waals surface area contributed by atoms with Crippen molar-refractivity contribution in [1.29, 1.82) is 0 Å². The first-order chi connectivity index (χ1) is 9.54. The van der Waals surface area contributed by atoms with Crippen LogP contribution in [0.1, 0.15) is 5.56 Å². The fourth-order valence-electron chi connectivity index (χ4n) is 1.66. The largest absolute Gasteiger partial charge is 0.506 e. The molecule has 2 rings (SSSR count). The third-order valence-electron chi connectivity index (χ3n) is 2.63. The maximum Gasteiger partial charge on any atom is 0.265 e.